The molecule has 3 aromatic rings. The fraction of sp³-hybridized carbons (Fsp3) is 0.385. The van der Waals surface area contributed by atoms with E-state index in [1.54, 1.807) is 38.1 Å². The highest BCUT2D eigenvalue weighted by molar-refractivity contribution is 7.92. The van der Waals surface area contributed by atoms with Gasteiger partial charge in [0.15, 0.2) is 15.7 Å². The number of anilines is 5. The second-order valence-electron chi connectivity index (χ2n) is 9.02. The van der Waals surface area contributed by atoms with Crippen molar-refractivity contribution in [2.45, 2.75) is 44.4 Å². The van der Waals surface area contributed by atoms with Crippen LogP contribution in [0.5, 0.6) is 0 Å². The number of likely N-dealkylation sites (N-methyl/N-ethyl adjacent to an activating group) is 2. The maximum Gasteiger partial charge on any atom is 0.229 e. The molecule has 0 saturated heterocycles. The van der Waals surface area contributed by atoms with E-state index in [4.69, 9.17) is 11.6 Å². The van der Waals surface area contributed by atoms with Gasteiger partial charge < -0.3 is 15.5 Å². The number of halogens is 1. The second kappa shape index (κ2) is 11.0. The van der Waals surface area contributed by atoms with Gasteiger partial charge >= 0.3 is 0 Å². The summed E-state index contributed by atoms with van der Waals surface area (Å²) in [5, 5.41) is 6.11. The van der Waals surface area contributed by atoms with E-state index in [1.807, 2.05) is 6.07 Å². The molecule has 1 aliphatic heterocycles. The standard InChI is InChI=1S/C26H33ClN6O2S/c1-5-32-13-14-33(6-2)23-15-20(12-11-19(23)17-32)29-26-28-16-21(27)25(31-26)30-22-9-7-8-10-24(22)36(34,35)18(3)4/h7-12,15-16,18H,5-6,13-14,17H2,1-4H3,(H2,28,29,30,31). The molecule has 1 aliphatic rings. The molecule has 0 radical (unpaired) electrons. The lowest BCUT2D eigenvalue weighted by Crippen LogP contribution is -2.31. The Kier molecular flexibility index (Phi) is 8.02. The summed E-state index contributed by atoms with van der Waals surface area (Å²) in [6.45, 7) is 12.6. The first-order valence-corrected chi connectivity index (χ1v) is 14.1. The van der Waals surface area contributed by atoms with Gasteiger partial charge in [-0.25, -0.2) is 13.4 Å². The zero-order chi connectivity index (χ0) is 25.9. The molecule has 2 aromatic carbocycles. The van der Waals surface area contributed by atoms with Gasteiger partial charge in [0.25, 0.3) is 0 Å². The van der Waals surface area contributed by atoms with Crippen molar-refractivity contribution in [1.29, 1.82) is 0 Å². The third-order valence-electron chi connectivity index (χ3n) is 6.40. The number of hydrogen-bond acceptors (Lipinski definition) is 8. The average Bonchev–Trinajstić information content (AvgIpc) is 3.04. The van der Waals surface area contributed by atoms with Crippen LogP contribution in [-0.2, 0) is 16.4 Å². The Balaban J connectivity index is 1.62. The van der Waals surface area contributed by atoms with Gasteiger partial charge in [-0.3, -0.25) is 4.90 Å². The van der Waals surface area contributed by atoms with Gasteiger partial charge in [-0.2, -0.15) is 4.98 Å². The lowest BCUT2D eigenvalue weighted by molar-refractivity contribution is 0.293. The topological polar surface area (TPSA) is 90.5 Å². The van der Waals surface area contributed by atoms with Crippen molar-refractivity contribution in [2.24, 2.45) is 0 Å². The Hall–Kier alpha value is -2.88. The molecule has 0 fully saturated rings. The van der Waals surface area contributed by atoms with E-state index >= 15 is 0 Å². The van der Waals surface area contributed by atoms with Crippen molar-refractivity contribution >= 4 is 50.3 Å². The van der Waals surface area contributed by atoms with Crippen molar-refractivity contribution in [3.8, 4) is 0 Å². The lowest BCUT2D eigenvalue weighted by Gasteiger charge is -2.23. The summed E-state index contributed by atoms with van der Waals surface area (Å²) < 4.78 is 25.7. The van der Waals surface area contributed by atoms with Crippen LogP contribution in [0.3, 0.4) is 0 Å². The van der Waals surface area contributed by atoms with Crippen molar-refractivity contribution < 1.29 is 8.42 Å². The maximum absolute atomic E-state index is 12.8. The van der Waals surface area contributed by atoms with Crippen molar-refractivity contribution in [2.75, 3.05) is 41.7 Å². The molecule has 8 nitrogen and oxygen atoms in total. The van der Waals surface area contributed by atoms with E-state index in [1.165, 1.54) is 17.4 Å². The number of nitrogens with one attached hydrogen (secondary N) is 2. The molecule has 0 saturated carbocycles. The maximum atomic E-state index is 12.8. The second-order valence-corrected chi connectivity index (χ2v) is 11.9. The number of aromatic nitrogens is 2. The summed E-state index contributed by atoms with van der Waals surface area (Å²) in [7, 11) is -3.50. The van der Waals surface area contributed by atoms with Crippen LogP contribution in [0.2, 0.25) is 5.02 Å². The minimum atomic E-state index is -3.50. The van der Waals surface area contributed by atoms with Crippen LogP contribution in [0.1, 0.15) is 33.3 Å². The number of benzene rings is 2. The highest BCUT2D eigenvalue weighted by atomic mass is 35.5. The summed E-state index contributed by atoms with van der Waals surface area (Å²) in [5.74, 6) is 0.682. The van der Waals surface area contributed by atoms with Gasteiger partial charge in [-0.15, -0.1) is 0 Å². The largest absolute Gasteiger partial charge is 0.370 e. The van der Waals surface area contributed by atoms with E-state index < -0.39 is 15.1 Å². The molecule has 10 heteroatoms. The molecule has 4 rings (SSSR count). The van der Waals surface area contributed by atoms with Gasteiger partial charge in [-0.05, 0) is 57.1 Å². The summed E-state index contributed by atoms with van der Waals surface area (Å²) in [5.41, 5.74) is 3.79. The van der Waals surface area contributed by atoms with Crippen LogP contribution < -0.4 is 15.5 Å². The third-order valence-corrected chi connectivity index (χ3v) is 8.89. The normalized spacial score (nSPS) is 14.4. The summed E-state index contributed by atoms with van der Waals surface area (Å²) in [6.07, 6.45) is 1.50. The van der Waals surface area contributed by atoms with Crippen molar-refractivity contribution in [1.82, 2.24) is 14.9 Å². The molecular formula is C26H33ClN6O2S. The summed E-state index contributed by atoms with van der Waals surface area (Å²) in [4.78, 5) is 13.9. The van der Waals surface area contributed by atoms with Gasteiger partial charge in [0.05, 0.1) is 22.0 Å². The fourth-order valence-corrected chi connectivity index (χ4v) is 5.55. The minimum absolute atomic E-state index is 0.204. The minimum Gasteiger partial charge on any atom is -0.370 e. The van der Waals surface area contributed by atoms with Crippen LogP contribution in [0.15, 0.2) is 53.6 Å². The molecule has 192 valence electrons. The van der Waals surface area contributed by atoms with Gasteiger partial charge in [-0.1, -0.05) is 36.7 Å². The highest BCUT2D eigenvalue weighted by Crippen LogP contribution is 2.32. The molecule has 0 atom stereocenters. The smallest absolute Gasteiger partial charge is 0.229 e. The van der Waals surface area contributed by atoms with Gasteiger partial charge in [0.2, 0.25) is 5.95 Å². The molecule has 0 unspecified atom stereocenters. The number of sulfone groups is 1. The molecule has 1 aromatic heterocycles. The summed E-state index contributed by atoms with van der Waals surface area (Å²) >= 11 is 6.38. The van der Waals surface area contributed by atoms with Crippen molar-refractivity contribution in [3.63, 3.8) is 0 Å². The molecule has 36 heavy (non-hydrogen) atoms. The molecule has 2 N–H and O–H groups in total. The first-order chi connectivity index (χ1) is 17.2. The zero-order valence-electron chi connectivity index (χ0n) is 21.1. The Bertz CT molecular complexity index is 1330. The molecule has 0 spiro atoms. The van der Waals surface area contributed by atoms with Crippen LogP contribution in [0.25, 0.3) is 0 Å². The van der Waals surface area contributed by atoms with E-state index in [0.29, 0.717) is 17.5 Å². The van der Waals surface area contributed by atoms with Crippen LogP contribution >= 0.6 is 11.6 Å². The third kappa shape index (κ3) is 5.58. The number of para-hydroxylation sites is 1. The molecule has 0 amide bonds. The molecule has 0 aliphatic carbocycles. The average molecular weight is 529 g/mol. The first-order valence-electron chi connectivity index (χ1n) is 12.2. The zero-order valence-corrected chi connectivity index (χ0v) is 22.7. The quantitative estimate of drug-likeness (QED) is 0.398. The van der Waals surface area contributed by atoms with Gasteiger partial charge in [0, 0.05) is 37.6 Å². The lowest BCUT2D eigenvalue weighted by atomic mass is 10.1. The van der Waals surface area contributed by atoms with E-state index in [-0.39, 0.29) is 9.92 Å². The molecule has 2 heterocycles. The van der Waals surface area contributed by atoms with E-state index in [0.717, 1.165) is 38.4 Å². The van der Waals surface area contributed by atoms with E-state index in [2.05, 4.69) is 56.4 Å². The predicted octanol–water partition coefficient (Wildman–Crippen LogP) is 5.46. The van der Waals surface area contributed by atoms with Gasteiger partial charge in [0.1, 0.15) is 5.02 Å². The highest BCUT2D eigenvalue weighted by Gasteiger charge is 2.23. The first kappa shape index (κ1) is 26.2. The van der Waals surface area contributed by atoms with Crippen LogP contribution in [0, 0.1) is 0 Å². The Labute approximate surface area is 218 Å². The summed E-state index contributed by atoms with van der Waals surface area (Å²) in [6, 6.07) is 13.1. The Morgan fingerprint density at radius 2 is 1.83 bits per heavy atom. The van der Waals surface area contributed by atoms with Crippen LogP contribution in [-0.4, -0.2) is 54.7 Å². The fourth-order valence-electron chi connectivity index (χ4n) is 4.21. The van der Waals surface area contributed by atoms with Crippen molar-refractivity contribution in [3.05, 3.63) is 59.2 Å². The monoisotopic (exact) mass is 528 g/mol. The number of rotatable bonds is 8. The molecular weight excluding hydrogens is 496 g/mol. The number of nitrogens with zero attached hydrogens (tertiary/aromatic N) is 4. The number of fused-ring (bicyclic) bond motifs is 1. The Morgan fingerprint density at radius 1 is 1.06 bits per heavy atom. The van der Waals surface area contributed by atoms with Crippen LogP contribution in [0.4, 0.5) is 28.8 Å². The number of hydrogen-bond donors (Lipinski definition) is 2. The molecule has 0 bridgehead atoms. The SMILES string of the molecule is CCN1CCN(CC)c2cc(Nc3ncc(Cl)c(Nc4ccccc4S(=O)(=O)C(C)C)n3)ccc2C1. The predicted molar refractivity (Wildman–Crippen MR) is 148 cm³/mol. The van der Waals surface area contributed by atoms with E-state index in [9.17, 15) is 8.42 Å². The Morgan fingerprint density at radius 3 is 2.56 bits per heavy atom.